The summed E-state index contributed by atoms with van der Waals surface area (Å²) >= 11 is 1.79. The average Bonchev–Trinajstić information content (AvgIpc) is 3.66. The molecular formula is C39H23N3OS. The summed E-state index contributed by atoms with van der Waals surface area (Å²) in [5.41, 5.74) is 7.03. The number of thiophene rings is 1. The minimum Gasteiger partial charge on any atom is -0.456 e. The fourth-order valence-electron chi connectivity index (χ4n) is 5.94. The molecule has 0 atom stereocenters. The van der Waals surface area contributed by atoms with E-state index in [4.69, 9.17) is 19.4 Å². The summed E-state index contributed by atoms with van der Waals surface area (Å²) in [6.45, 7) is 0. The van der Waals surface area contributed by atoms with Gasteiger partial charge < -0.3 is 4.42 Å². The Kier molecular flexibility index (Phi) is 5.64. The normalized spacial score (nSPS) is 11.6. The lowest BCUT2D eigenvalue weighted by Gasteiger charge is -2.08. The summed E-state index contributed by atoms with van der Waals surface area (Å²) in [7, 11) is 0. The van der Waals surface area contributed by atoms with E-state index in [1.807, 2.05) is 72.8 Å². The van der Waals surface area contributed by atoms with Crippen LogP contribution in [0.15, 0.2) is 144 Å². The van der Waals surface area contributed by atoms with Crippen molar-refractivity contribution in [2.75, 3.05) is 0 Å². The van der Waals surface area contributed by atoms with Crippen LogP contribution in [0.4, 0.5) is 0 Å². The summed E-state index contributed by atoms with van der Waals surface area (Å²) in [5.74, 6) is 1.99. The second-order valence-corrected chi connectivity index (χ2v) is 12.0. The van der Waals surface area contributed by atoms with Crippen LogP contribution in [0.25, 0.3) is 87.4 Å². The SMILES string of the molecule is c1ccc(-c2nc(-c3ccccc3)nc(-c3ccc4c(c3)sc3ccc(-c5ccc6c(c5)oc5ccccc56)cc34)n2)cc1. The Balaban J connectivity index is 1.15. The molecule has 9 aromatic rings. The van der Waals surface area contributed by atoms with Crippen molar-refractivity contribution in [3.05, 3.63) is 140 Å². The molecule has 0 saturated heterocycles. The molecule has 0 aliphatic carbocycles. The van der Waals surface area contributed by atoms with Crippen LogP contribution in [0.5, 0.6) is 0 Å². The maximum Gasteiger partial charge on any atom is 0.164 e. The van der Waals surface area contributed by atoms with Gasteiger partial charge in [-0.25, -0.2) is 15.0 Å². The molecule has 0 N–H and O–H groups in total. The van der Waals surface area contributed by atoms with E-state index in [0.29, 0.717) is 17.5 Å². The van der Waals surface area contributed by atoms with Gasteiger partial charge in [0.2, 0.25) is 0 Å². The van der Waals surface area contributed by atoms with E-state index in [-0.39, 0.29) is 0 Å². The third-order valence-electron chi connectivity index (χ3n) is 8.14. The lowest BCUT2D eigenvalue weighted by Crippen LogP contribution is -1.99. The summed E-state index contributed by atoms with van der Waals surface area (Å²) < 4.78 is 8.62. The molecule has 0 radical (unpaired) electrons. The second kappa shape index (κ2) is 9.97. The molecule has 0 amide bonds. The highest BCUT2D eigenvalue weighted by Gasteiger charge is 2.15. The van der Waals surface area contributed by atoms with Crippen LogP contribution in [0.1, 0.15) is 0 Å². The molecule has 6 aromatic carbocycles. The van der Waals surface area contributed by atoms with E-state index in [1.165, 1.54) is 25.7 Å². The number of furan rings is 1. The predicted octanol–water partition coefficient (Wildman–Crippen LogP) is 10.8. The van der Waals surface area contributed by atoms with Gasteiger partial charge in [0.25, 0.3) is 0 Å². The monoisotopic (exact) mass is 581 g/mol. The van der Waals surface area contributed by atoms with Crippen molar-refractivity contribution in [1.82, 2.24) is 15.0 Å². The van der Waals surface area contributed by atoms with Gasteiger partial charge in [0, 0.05) is 47.6 Å². The Morgan fingerprint density at radius 1 is 0.364 bits per heavy atom. The van der Waals surface area contributed by atoms with Gasteiger partial charge in [0.15, 0.2) is 17.5 Å². The molecule has 9 rings (SSSR count). The third kappa shape index (κ3) is 4.17. The standard InChI is InChI=1S/C39H23N3OS/c1-3-9-24(10-4-1)37-40-38(25-11-5-2-6-12-25)42-39(41-37)28-16-19-31-32-21-26(17-20-35(32)44-36(31)23-28)27-15-18-30-29-13-7-8-14-33(29)43-34(30)22-27/h1-23H. The molecule has 0 saturated carbocycles. The number of hydrogen-bond acceptors (Lipinski definition) is 5. The Morgan fingerprint density at radius 2 is 0.932 bits per heavy atom. The fraction of sp³-hybridized carbons (Fsp3) is 0. The van der Waals surface area contributed by atoms with E-state index in [2.05, 4.69) is 66.7 Å². The van der Waals surface area contributed by atoms with E-state index < -0.39 is 0 Å². The van der Waals surface area contributed by atoms with Crippen LogP contribution in [0.2, 0.25) is 0 Å². The molecule has 0 bridgehead atoms. The van der Waals surface area contributed by atoms with Gasteiger partial charge in [0.1, 0.15) is 11.2 Å². The Labute approximate surface area is 256 Å². The Morgan fingerprint density at radius 3 is 1.68 bits per heavy atom. The summed E-state index contributed by atoms with van der Waals surface area (Å²) in [4.78, 5) is 14.7. The van der Waals surface area contributed by atoms with Crippen LogP contribution in [0.3, 0.4) is 0 Å². The molecule has 0 aliphatic rings. The van der Waals surface area contributed by atoms with Gasteiger partial charge in [-0.05, 0) is 47.5 Å². The van der Waals surface area contributed by atoms with Crippen molar-refractivity contribution >= 4 is 53.4 Å². The number of nitrogens with zero attached hydrogens (tertiary/aromatic N) is 3. The largest absolute Gasteiger partial charge is 0.456 e. The molecule has 0 aliphatic heterocycles. The van der Waals surface area contributed by atoms with E-state index in [9.17, 15) is 0 Å². The van der Waals surface area contributed by atoms with Crippen LogP contribution in [0, 0.1) is 0 Å². The molecule has 5 heteroatoms. The highest BCUT2D eigenvalue weighted by molar-refractivity contribution is 7.25. The molecule has 0 spiro atoms. The second-order valence-electron chi connectivity index (χ2n) is 10.9. The zero-order valence-corrected chi connectivity index (χ0v) is 24.3. The van der Waals surface area contributed by atoms with E-state index in [1.54, 1.807) is 11.3 Å². The third-order valence-corrected chi connectivity index (χ3v) is 9.27. The minimum absolute atomic E-state index is 0.664. The number of rotatable bonds is 4. The van der Waals surface area contributed by atoms with Crippen LogP contribution >= 0.6 is 11.3 Å². The minimum atomic E-state index is 0.664. The van der Waals surface area contributed by atoms with Crippen molar-refractivity contribution in [2.24, 2.45) is 0 Å². The first-order chi connectivity index (χ1) is 21.8. The first-order valence-electron chi connectivity index (χ1n) is 14.5. The van der Waals surface area contributed by atoms with E-state index >= 15 is 0 Å². The van der Waals surface area contributed by atoms with Gasteiger partial charge in [-0.2, -0.15) is 0 Å². The van der Waals surface area contributed by atoms with Crippen molar-refractivity contribution in [3.8, 4) is 45.3 Å². The Bertz CT molecular complexity index is 2440. The first kappa shape index (κ1) is 24.9. The molecule has 44 heavy (non-hydrogen) atoms. The predicted molar refractivity (Wildman–Crippen MR) is 182 cm³/mol. The van der Waals surface area contributed by atoms with E-state index in [0.717, 1.165) is 44.2 Å². The van der Waals surface area contributed by atoms with Gasteiger partial charge in [-0.15, -0.1) is 11.3 Å². The maximum atomic E-state index is 6.17. The van der Waals surface area contributed by atoms with Crippen LogP contribution < -0.4 is 0 Å². The zero-order chi connectivity index (χ0) is 29.0. The molecule has 206 valence electrons. The zero-order valence-electron chi connectivity index (χ0n) is 23.4. The molecule has 4 nitrogen and oxygen atoms in total. The fourth-order valence-corrected chi connectivity index (χ4v) is 7.06. The van der Waals surface area contributed by atoms with Crippen molar-refractivity contribution in [2.45, 2.75) is 0 Å². The number of hydrogen-bond donors (Lipinski definition) is 0. The topological polar surface area (TPSA) is 51.8 Å². The van der Waals surface area contributed by atoms with Gasteiger partial charge >= 0.3 is 0 Å². The lowest BCUT2D eigenvalue weighted by molar-refractivity contribution is 0.669. The molecule has 0 unspecified atom stereocenters. The molecule has 3 heterocycles. The highest BCUT2D eigenvalue weighted by atomic mass is 32.1. The number of para-hydroxylation sites is 1. The van der Waals surface area contributed by atoms with Gasteiger partial charge in [0.05, 0.1) is 0 Å². The summed E-state index contributed by atoms with van der Waals surface area (Å²) in [5, 5.41) is 4.75. The lowest BCUT2D eigenvalue weighted by atomic mass is 10.0. The van der Waals surface area contributed by atoms with Gasteiger partial charge in [-0.3, -0.25) is 0 Å². The smallest absolute Gasteiger partial charge is 0.164 e. The van der Waals surface area contributed by atoms with Crippen molar-refractivity contribution in [1.29, 1.82) is 0 Å². The van der Waals surface area contributed by atoms with Crippen molar-refractivity contribution in [3.63, 3.8) is 0 Å². The van der Waals surface area contributed by atoms with Crippen LogP contribution in [-0.4, -0.2) is 15.0 Å². The Hall–Kier alpha value is -5.65. The summed E-state index contributed by atoms with van der Waals surface area (Å²) in [6, 6.07) is 48.1. The number of benzene rings is 6. The first-order valence-corrected chi connectivity index (χ1v) is 15.3. The highest BCUT2D eigenvalue weighted by Crippen LogP contribution is 2.39. The molecule has 3 aromatic heterocycles. The molecular weight excluding hydrogens is 559 g/mol. The summed E-state index contributed by atoms with van der Waals surface area (Å²) in [6.07, 6.45) is 0. The van der Waals surface area contributed by atoms with Gasteiger partial charge in [-0.1, -0.05) is 103 Å². The van der Waals surface area contributed by atoms with Crippen molar-refractivity contribution < 1.29 is 4.42 Å². The number of aromatic nitrogens is 3. The quantitative estimate of drug-likeness (QED) is 0.207. The number of fused-ring (bicyclic) bond motifs is 6. The average molecular weight is 582 g/mol. The maximum absolute atomic E-state index is 6.17. The van der Waals surface area contributed by atoms with Crippen LogP contribution in [-0.2, 0) is 0 Å². The molecule has 0 fully saturated rings.